The number of nitrogens with zero attached hydrogens (tertiary/aromatic N) is 1. The fraction of sp³-hybridized carbons (Fsp3) is 0.538. The Balaban J connectivity index is 0.00000180. The van der Waals surface area contributed by atoms with Gasteiger partial charge in [-0.3, -0.25) is 4.90 Å². The maximum absolute atomic E-state index is 12.1. The maximum Gasteiger partial charge on any atom is 0.179 e. The van der Waals surface area contributed by atoms with E-state index < -0.39 is 9.84 Å². The molecule has 1 aromatic rings. The van der Waals surface area contributed by atoms with Crippen molar-refractivity contribution in [3.05, 3.63) is 30.3 Å². The summed E-state index contributed by atoms with van der Waals surface area (Å²) >= 11 is 0. The number of piperazine rings is 1. The molecule has 1 fully saturated rings. The zero-order valence-corrected chi connectivity index (χ0v) is 12.7. The van der Waals surface area contributed by atoms with Gasteiger partial charge in [0.2, 0.25) is 0 Å². The van der Waals surface area contributed by atoms with Crippen LogP contribution in [-0.4, -0.2) is 51.3 Å². The van der Waals surface area contributed by atoms with Crippen molar-refractivity contribution in [2.75, 3.05) is 31.9 Å². The van der Waals surface area contributed by atoms with Crippen molar-refractivity contribution in [1.29, 1.82) is 0 Å². The van der Waals surface area contributed by atoms with Gasteiger partial charge in [-0.15, -0.1) is 12.4 Å². The largest absolute Gasteiger partial charge is 0.314 e. The summed E-state index contributed by atoms with van der Waals surface area (Å²) in [6.07, 6.45) is 0. The molecule has 108 valence electrons. The molecule has 0 saturated carbocycles. The highest BCUT2D eigenvalue weighted by Gasteiger charge is 2.21. The van der Waals surface area contributed by atoms with Gasteiger partial charge in [0.05, 0.1) is 10.6 Å². The van der Waals surface area contributed by atoms with Gasteiger partial charge in [-0.2, -0.15) is 0 Å². The van der Waals surface area contributed by atoms with E-state index in [1.54, 1.807) is 24.3 Å². The van der Waals surface area contributed by atoms with Crippen LogP contribution in [0.1, 0.15) is 6.92 Å². The van der Waals surface area contributed by atoms with Crippen molar-refractivity contribution >= 4 is 22.2 Å². The van der Waals surface area contributed by atoms with E-state index in [1.807, 2.05) is 6.07 Å². The second-order valence-corrected chi connectivity index (χ2v) is 6.83. The fourth-order valence-corrected chi connectivity index (χ4v) is 3.48. The number of sulfone groups is 1. The third kappa shape index (κ3) is 4.45. The average molecular weight is 305 g/mol. The molecule has 1 aliphatic rings. The number of rotatable bonds is 4. The number of nitrogens with one attached hydrogen (secondary N) is 1. The molecule has 0 aliphatic carbocycles. The normalized spacial score (nSPS) is 20.8. The lowest BCUT2D eigenvalue weighted by Gasteiger charge is -2.33. The monoisotopic (exact) mass is 304 g/mol. The number of halogens is 1. The minimum atomic E-state index is -3.15. The van der Waals surface area contributed by atoms with Crippen LogP contribution in [0.15, 0.2) is 35.2 Å². The molecule has 0 amide bonds. The summed E-state index contributed by atoms with van der Waals surface area (Å²) in [6, 6.07) is 9.09. The van der Waals surface area contributed by atoms with Gasteiger partial charge in [-0.05, 0) is 19.1 Å². The Labute approximate surface area is 121 Å². The lowest BCUT2D eigenvalue weighted by atomic mass is 10.2. The Bertz CT molecular complexity index is 479. The van der Waals surface area contributed by atoms with E-state index in [1.165, 1.54) is 0 Å². The van der Waals surface area contributed by atoms with Crippen LogP contribution in [0.4, 0.5) is 0 Å². The third-order valence-corrected chi connectivity index (χ3v) is 5.10. The van der Waals surface area contributed by atoms with Crippen molar-refractivity contribution in [2.24, 2.45) is 0 Å². The standard InChI is InChI=1S/C13H20N2O2S.ClH/c1-12-11-14-7-8-15(12)9-10-18(16,17)13-5-3-2-4-6-13;/h2-6,12,14H,7-11H2,1H3;1H/t12-;/m1./s1. The van der Waals surface area contributed by atoms with Crippen molar-refractivity contribution in [1.82, 2.24) is 10.2 Å². The molecule has 1 aromatic carbocycles. The summed E-state index contributed by atoms with van der Waals surface area (Å²) < 4.78 is 24.3. The number of hydrogen-bond acceptors (Lipinski definition) is 4. The van der Waals surface area contributed by atoms with Gasteiger partial charge in [0.1, 0.15) is 0 Å². The molecule has 1 saturated heterocycles. The first-order valence-electron chi connectivity index (χ1n) is 6.32. The molecule has 0 spiro atoms. The van der Waals surface area contributed by atoms with Crippen LogP contribution in [0.2, 0.25) is 0 Å². The lowest BCUT2D eigenvalue weighted by molar-refractivity contribution is 0.184. The van der Waals surface area contributed by atoms with Crippen molar-refractivity contribution < 1.29 is 8.42 Å². The zero-order chi connectivity index (χ0) is 13.0. The SMILES string of the molecule is C[C@@H]1CNCCN1CCS(=O)(=O)c1ccccc1.Cl. The second kappa shape index (κ2) is 7.24. The van der Waals surface area contributed by atoms with Crippen LogP contribution >= 0.6 is 12.4 Å². The Morgan fingerprint density at radius 3 is 2.63 bits per heavy atom. The summed E-state index contributed by atoms with van der Waals surface area (Å²) in [5, 5.41) is 3.30. The molecule has 6 heteroatoms. The van der Waals surface area contributed by atoms with Crippen molar-refractivity contribution in [3.63, 3.8) is 0 Å². The third-order valence-electron chi connectivity index (χ3n) is 3.39. The lowest BCUT2D eigenvalue weighted by Crippen LogP contribution is -2.50. The minimum Gasteiger partial charge on any atom is -0.314 e. The van der Waals surface area contributed by atoms with Gasteiger partial charge in [0, 0.05) is 32.2 Å². The fourth-order valence-electron chi connectivity index (χ4n) is 2.20. The van der Waals surface area contributed by atoms with E-state index in [2.05, 4.69) is 17.1 Å². The topological polar surface area (TPSA) is 49.4 Å². The average Bonchev–Trinajstić information content (AvgIpc) is 2.39. The van der Waals surface area contributed by atoms with Crippen LogP contribution in [0, 0.1) is 0 Å². The molecule has 1 atom stereocenters. The Kier molecular flexibility index (Phi) is 6.26. The van der Waals surface area contributed by atoms with Crippen molar-refractivity contribution in [3.8, 4) is 0 Å². The quantitative estimate of drug-likeness (QED) is 0.907. The highest BCUT2D eigenvalue weighted by atomic mass is 35.5. The minimum absolute atomic E-state index is 0. The van der Waals surface area contributed by atoms with E-state index in [0.717, 1.165) is 19.6 Å². The van der Waals surface area contributed by atoms with E-state index in [4.69, 9.17) is 0 Å². The summed E-state index contributed by atoms with van der Waals surface area (Å²) in [7, 11) is -3.15. The molecule has 0 bridgehead atoms. The van der Waals surface area contributed by atoms with Crippen LogP contribution < -0.4 is 5.32 Å². The molecular weight excluding hydrogens is 284 g/mol. The predicted octanol–water partition coefficient (Wildman–Crippen LogP) is 1.18. The van der Waals surface area contributed by atoms with Gasteiger partial charge in [0.15, 0.2) is 9.84 Å². The second-order valence-electron chi connectivity index (χ2n) is 4.72. The van der Waals surface area contributed by atoms with Crippen LogP contribution in [0.5, 0.6) is 0 Å². The highest BCUT2D eigenvalue weighted by molar-refractivity contribution is 7.91. The van der Waals surface area contributed by atoms with Gasteiger partial charge in [-0.1, -0.05) is 18.2 Å². The Hall–Kier alpha value is -0.620. The first kappa shape index (κ1) is 16.4. The molecule has 1 heterocycles. The Morgan fingerprint density at radius 2 is 2.00 bits per heavy atom. The molecule has 1 aliphatic heterocycles. The van der Waals surface area contributed by atoms with Gasteiger partial charge in [0.25, 0.3) is 0 Å². The summed E-state index contributed by atoms with van der Waals surface area (Å²) in [6.45, 7) is 5.54. The van der Waals surface area contributed by atoms with E-state index >= 15 is 0 Å². The molecule has 0 aromatic heterocycles. The van der Waals surface area contributed by atoms with Crippen molar-refractivity contribution in [2.45, 2.75) is 17.9 Å². The van der Waals surface area contributed by atoms with Crippen LogP contribution in [0.3, 0.4) is 0 Å². The summed E-state index contributed by atoms with van der Waals surface area (Å²) in [5.74, 6) is 0.196. The maximum atomic E-state index is 12.1. The van der Waals surface area contributed by atoms with Gasteiger partial charge < -0.3 is 5.32 Å². The van der Waals surface area contributed by atoms with Gasteiger partial charge in [-0.25, -0.2) is 8.42 Å². The van der Waals surface area contributed by atoms with Crippen LogP contribution in [0.25, 0.3) is 0 Å². The molecule has 2 rings (SSSR count). The van der Waals surface area contributed by atoms with E-state index in [9.17, 15) is 8.42 Å². The van der Waals surface area contributed by atoms with E-state index in [0.29, 0.717) is 17.5 Å². The Morgan fingerprint density at radius 1 is 1.32 bits per heavy atom. The molecule has 0 unspecified atom stereocenters. The van der Waals surface area contributed by atoms with E-state index in [-0.39, 0.29) is 18.2 Å². The predicted molar refractivity (Wildman–Crippen MR) is 79.6 cm³/mol. The summed E-state index contributed by atoms with van der Waals surface area (Å²) in [4.78, 5) is 2.66. The molecule has 4 nitrogen and oxygen atoms in total. The highest BCUT2D eigenvalue weighted by Crippen LogP contribution is 2.11. The smallest absolute Gasteiger partial charge is 0.179 e. The number of hydrogen-bond donors (Lipinski definition) is 1. The zero-order valence-electron chi connectivity index (χ0n) is 11.1. The number of benzene rings is 1. The molecular formula is C13H21ClN2O2S. The van der Waals surface area contributed by atoms with Gasteiger partial charge >= 0.3 is 0 Å². The summed E-state index contributed by atoms with van der Waals surface area (Å²) in [5.41, 5.74) is 0. The molecule has 0 radical (unpaired) electrons. The van der Waals surface area contributed by atoms with Crippen LogP contribution in [-0.2, 0) is 9.84 Å². The first-order valence-corrected chi connectivity index (χ1v) is 7.97. The molecule has 19 heavy (non-hydrogen) atoms. The molecule has 1 N–H and O–H groups in total. The first-order chi connectivity index (χ1) is 8.59.